The van der Waals surface area contributed by atoms with Crippen LogP contribution in [0.25, 0.3) is 0 Å². The molecule has 2 heterocycles. The van der Waals surface area contributed by atoms with Gasteiger partial charge in [-0.2, -0.15) is 0 Å². The van der Waals surface area contributed by atoms with Gasteiger partial charge in [0.1, 0.15) is 0 Å². The monoisotopic (exact) mass is 263 g/mol. The molecule has 2 rings (SSSR count). The molecule has 0 saturated carbocycles. The molecule has 19 heavy (non-hydrogen) atoms. The Labute approximate surface area is 116 Å². The molecule has 1 N–H and O–H groups in total. The summed E-state index contributed by atoms with van der Waals surface area (Å²) in [5.41, 5.74) is 0. The normalized spacial score (nSPS) is 22.2. The van der Waals surface area contributed by atoms with Crippen LogP contribution in [-0.4, -0.2) is 61.0 Å². The number of nitrogens with one attached hydrogen (secondary N) is 1. The van der Waals surface area contributed by atoms with Gasteiger partial charge in [-0.15, -0.1) is 6.42 Å². The summed E-state index contributed by atoms with van der Waals surface area (Å²) >= 11 is 0. The van der Waals surface area contributed by atoms with Crippen LogP contribution in [0, 0.1) is 12.3 Å². The van der Waals surface area contributed by atoms with Crippen molar-refractivity contribution in [3.05, 3.63) is 0 Å². The van der Waals surface area contributed by atoms with Crippen molar-refractivity contribution >= 4 is 5.91 Å². The number of hydrogen-bond acceptors (Lipinski definition) is 3. The van der Waals surface area contributed by atoms with Crippen LogP contribution in [0.2, 0.25) is 0 Å². The third-order valence-corrected chi connectivity index (χ3v) is 4.23. The number of carbonyl (C=O) groups is 1. The summed E-state index contributed by atoms with van der Waals surface area (Å²) in [7, 11) is 0. The van der Waals surface area contributed by atoms with E-state index in [1.807, 2.05) is 4.90 Å². The van der Waals surface area contributed by atoms with Crippen molar-refractivity contribution in [2.24, 2.45) is 0 Å². The van der Waals surface area contributed by atoms with E-state index in [9.17, 15) is 4.79 Å². The second-order valence-electron chi connectivity index (χ2n) is 5.52. The number of amides is 1. The topological polar surface area (TPSA) is 35.6 Å². The molecule has 0 aromatic heterocycles. The zero-order valence-electron chi connectivity index (χ0n) is 11.7. The smallest absolute Gasteiger partial charge is 0.236 e. The molecule has 0 spiro atoms. The molecule has 0 unspecified atom stereocenters. The summed E-state index contributed by atoms with van der Waals surface area (Å²) in [5, 5.41) is 2.97. The van der Waals surface area contributed by atoms with E-state index in [0.29, 0.717) is 19.1 Å². The van der Waals surface area contributed by atoms with Gasteiger partial charge in [0.2, 0.25) is 5.91 Å². The molecule has 2 saturated heterocycles. The van der Waals surface area contributed by atoms with Gasteiger partial charge in [-0.05, 0) is 38.8 Å². The molecule has 0 bridgehead atoms. The van der Waals surface area contributed by atoms with Crippen molar-refractivity contribution in [2.75, 3.05) is 39.3 Å². The van der Waals surface area contributed by atoms with E-state index < -0.39 is 0 Å². The highest BCUT2D eigenvalue weighted by atomic mass is 16.2. The number of piperidine rings is 2. The molecule has 0 aromatic rings. The lowest BCUT2D eigenvalue weighted by atomic mass is 10.00. The predicted molar refractivity (Wildman–Crippen MR) is 76.7 cm³/mol. The Balaban J connectivity index is 1.69. The highest BCUT2D eigenvalue weighted by Crippen LogP contribution is 2.20. The van der Waals surface area contributed by atoms with Crippen LogP contribution in [0.15, 0.2) is 0 Å². The van der Waals surface area contributed by atoms with E-state index >= 15 is 0 Å². The molecule has 0 aromatic carbocycles. The maximum absolute atomic E-state index is 11.9. The van der Waals surface area contributed by atoms with Crippen LogP contribution in [0.1, 0.15) is 32.1 Å². The largest absolute Gasteiger partial charge is 0.341 e. The molecule has 0 radical (unpaired) electrons. The fraction of sp³-hybridized carbons (Fsp3) is 0.800. The molecule has 4 nitrogen and oxygen atoms in total. The Morgan fingerprint density at radius 2 is 1.84 bits per heavy atom. The maximum atomic E-state index is 11.9. The SMILES string of the molecule is C#CCNCC(=O)N1CCC(N2CCCCC2)CC1. The predicted octanol–water partition coefficient (Wildman–Crippen LogP) is 0.686. The Morgan fingerprint density at radius 3 is 2.47 bits per heavy atom. The van der Waals surface area contributed by atoms with E-state index in [1.54, 1.807) is 0 Å². The van der Waals surface area contributed by atoms with Crippen molar-refractivity contribution in [2.45, 2.75) is 38.1 Å². The zero-order valence-corrected chi connectivity index (χ0v) is 11.7. The van der Waals surface area contributed by atoms with Crippen LogP contribution in [0.3, 0.4) is 0 Å². The minimum Gasteiger partial charge on any atom is -0.341 e. The third-order valence-electron chi connectivity index (χ3n) is 4.23. The van der Waals surface area contributed by atoms with Gasteiger partial charge in [-0.1, -0.05) is 12.3 Å². The maximum Gasteiger partial charge on any atom is 0.236 e. The van der Waals surface area contributed by atoms with Gasteiger partial charge in [0.25, 0.3) is 0 Å². The lowest BCUT2D eigenvalue weighted by Gasteiger charge is -2.40. The highest BCUT2D eigenvalue weighted by Gasteiger charge is 2.27. The van der Waals surface area contributed by atoms with Crippen molar-refractivity contribution in [3.8, 4) is 12.3 Å². The molecular formula is C15H25N3O. The van der Waals surface area contributed by atoms with Crippen LogP contribution in [0.5, 0.6) is 0 Å². The van der Waals surface area contributed by atoms with Gasteiger partial charge in [0, 0.05) is 19.1 Å². The van der Waals surface area contributed by atoms with Crippen LogP contribution in [-0.2, 0) is 4.79 Å². The molecular weight excluding hydrogens is 238 g/mol. The van der Waals surface area contributed by atoms with E-state index in [0.717, 1.165) is 25.9 Å². The Hall–Kier alpha value is -1.05. The number of carbonyl (C=O) groups excluding carboxylic acids is 1. The average molecular weight is 263 g/mol. The summed E-state index contributed by atoms with van der Waals surface area (Å²) in [6.45, 7) is 5.15. The molecule has 106 valence electrons. The van der Waals surface area contributed by atoms with Crippen molar-refractivity contribution in [1.29, 1.82) is 0 Å². The minimum atomic E-state index is 0.187. The Morgan fingerprint density at radius 1 is 1.16 bits per heavy atom. The van der Waals surface area contributed by atoms with Gasteiger partial charge in [0.15, 0.2) is 0 Å². The van der Waals surface area contributed by atoms with E-state index in [2.05, 4.69) is 16.1 Å². The van der Waals surface area contributed by atoms with E-state index in [-0.39, 0.29) is 5.91 Å². The standard InChI is InChI=1S/C15H25N3O/c1-2-8-16-13-15(19)18-11-6-14(7-12-18)17-9-4-3-5-10-17/h1,14,16H,3-13H2. The van der Waals surface area contributed by atoms with Crippen LogP contribution < -0.4 is 5.32 Å². The third kappa shape index (κ3) is 4.22. The Kier molecular flexibility index (Phi) is 5.68. The van der Waals surface area contributed by atoms with E-state index in [4.69, 9.17) is 6.42 Å². The zero-order chi connectivity index (χ0) is 13.5. The number of nitrogens with zero attached hydrogens (tertiary/aromatic N) is 2. The van der Waals surface area contributed by atoms with Gasteiger partial charge in [-0.3, -0.25) is 10.1 Å². The molecule has 2 aliphatic heterocycles. The summed E-state index contributed by atoms with van der Waals surface area (Å²) in [4.78, 5) is 16.5. The number of terminal acetylenes is 1. The minimum absolute atomic E-state index is 0.187. The van der Waals surface area contributed by atoms with Gasteiger partial charge >= 0.3 is 0 Å². The first kappa shape index (κ1) is 14.4. The van der Waals surface area contributed by atoms with Gasteiger partial charge in [-0.25, -0.2) is 0 Å². The quantitative estimate of drug-likeness (QED) is 0.599. The fourth-order valence-corrected chi connectivity index (χ4v) is 3.12. The van der Waals surface area contributed by atoms with Gasteiger partial charge in [0.05, 0.1) is 13.1 Å². The second-order valence-corrected chi connectivity index (χ2v) is 5.52. The first-order valence-corrected chi connectivity index (χ1v) is 7.47. The summed E-state index contributed by atoms with van der Waals surface area (Å²) in [6.07, 6.45) is 11.5. The second kappa shape index (κ2) is 7.52. The van der Waals surface area contributed by atoms with E-state index in [1.165, 1.54) is 32.4 Å². The lowest BCUT2D eigenvalue weighted by Crippen LogP contribution is -2.49. The van der Waals surface area contributed by atoms with Crippen molar-refractivity contribution < 1.29 is 4.79 Å². The lowest BCUT2D eigenvalue weighted by molar-refractivity contribution is -0.131. The number of likely N-dealkylation sites (tertiary alicyclic amines) is 2. The summed E-state index contributed by atoms with van der Waals surface area (Å²) < 4.78 is 0. The number of rotatable bonds is 4. The fourth-order valence-electron chi connectivity index (χ4n) is 3.12. The summed E-state index contributed by atoms with van der Waals surface area (Å²) in [5.74, 6) is 2.67. The molecule has 4 heteroatoms. The molecule has 1 amide bonds. The van der Waals surface area contributed by atoms with Crippen molar-refractivity contribution in [1.82, 2.24) is 15.1 Å². The molecule has 0 aliphatic carbocycles. The summed E-state index contributed by atoms with van der Waals surface area (Å²) in [6, 6.07) is 0.697. The molecule has 0 atom stereocenters. The first-order chi connectivity index (χ1) is 9.31. The highest BCUT2D eigenvalue weighted by molar-refractivity contribution is 5.78. The molecule has 2 fully saturated rings. The van der Waals surface area contributed by atoms with Crippen molar-refractivity contribution in [3.63, 3.8) is 0 Å². The average Bonchev–Trinajstić information content (AvgIpc) is 2.48. The molecule has 2 aliphatic rings. The van der Waals surface area contributed by atoms with Gasteiger partial charge < -0.3 is 9.80 Å². The first-order valence-electron chi connectivity index (χ1n) is 7.47. The Bertz CT molecular complexity index is 323. The van der Waals surface area contributed by atoms with Crippen LogP contribution in [0.4, 0.5) is 0 Å². The number of hydrogen-bond donors (Lipinski definition) is 1. The van der Waals surface area contributed by atoms with Crippen LogP contribution >= 0.6 is 0 Å².